The molecule has 188 valence electrons. The van der Waals surface area contributed by atoms with Crippen molar-refractivity contribution in [1.29, 1.82) is 0 Å². The minimum Gasteiger partial charge on any atom is -0.341 e. The standard InChI is InChI=1S/C29H29ClF2N2O2/c1-17(2)21-11-12-22(26(27(21)32)18-7-4-3-5-8-18)28(34-29(36)24-9-6-14-33-24)25(35)16-19-15-20(31)10-13-23(19)30/h3-5,7-8,10-13,15,17,24,28,33H,6,9,14,16H2,1-2H3,(H,34,36). The van der Waals surface area contributed by atoms with E-state index in [9.17, 15) is 14.0 Å². The molecule has 1 aliphatic rings. The summed E-state index contributed by atoms with van der Waals surface area (Å²) in [6.45, 7) is 4.51. The SMILES string of the molecule is CC(C)c1ccc(C(NC(=O)C2CCCN2)C(=O)Cc2cc(F)ccc2Cl)c(-c2ccccc2)c1F. The van der Waals surface area contributed by atoms with Crippen molar-refractivity contribution in [3.63, 3.8) is 0 Å². The first-order valence-corrected chi connectivity index (χ1v) is 12.5. The van der Waals surface area contributed by atoms with Crippen molar-refractivity contribution in [3.8, 4) is 11.1 Å². The minimum absolute atomic E-state index is 0.0842. The molecule has 1 aliphatic heterocycles. The number of ketones is 1. The highest BCUT2D eigenvalue weighted by molar-refractivity contribution is 6.31. The number of hydrogen-bond donors (Lipinski definition) is 2. The van der Waals surface area contributed by atoms with E-state index in [4.69, 9.17) is 11.6 Å². The van der Waals surface area contributed by atoms with Crippen LogP contribution in [-0.4, -0.2) is 24.3 Å². The third-order valence-corrected chi connectivity index (χ3v) is 6.93. The van der Waals surface area contributed by atoms with Crippen LogP contribution in [0.25, 0.3) is 11.1 Å². The summed E-state index contributed by atoms with van der Waals surface area (Å²) >= 11 is 6.23. The molecule has 0 spiro atoms. The van der Waals surface area contributed by atoms with E-state index in [-0.39, 0.29) is 28.8 Å². The Morgan fingerprint density at radius 2 is 1.78 bits per heavy atom. The van der Waals surface area contributed by atoms with Crippen LogP contribution in [0.2, 0.25) is 5.02 Å². The van der Waals surface area contributed by atoms with Crippen molar-refractivity contribution in [2.75, 3.05) is 6.54 Å². The van der Waals surface area contributed by atoms with Crippen LogP contribution in [0, 0.1) is 11.6 Å². The highest BCUT2D eigenvalue weighted by atomic mass is 35.5. The van der Waals surface area contributed by atoms with Gasteiger partial charge in [0, 0.05) is 17.0 Å². The molecule has 1 fully saturated rings. The molecule has 2 N–H and O–H groups in total. The maximum Gasteiger partial charge on any atom is 0.237 e. The number of hydrogen-bond acceptors (Lipinski definition) is 3. The molecule has 1 heterocycles. The van der Waals surface area contributed by atoms with E-state index < -0.39 is 29.5 Å². The van der Waals surface area contributed by atoms with E-state index in [1.165, 1.54) is 18.2 Å². The Bertz CT molecular complexity index is 1260. The van der Waals surface area contributed by atoms with Gasteiger partial charge in [0.2, 0.25) is 5.91 Å². The molecule has 4 nitrogen and oxygen atoms in total. The van der Waals surface area contributed by atoms with Crippen LogP contribution in [0.3, 0.4) is 0 Å². The van der Waals surface area contributed by atoms with Gasteiger partial charge in [0.1, 0.15) is 17.7 Å². The Morgan fingerprint density at radius 1 is 1.06 bits per heavy atom. The fourth-order valence-electron chi connectivity index (χ4n) is 4.64. The quantitative estimate of drug-likeness (QED) is 0.383. The van der Waals surface area contributed by atoms with Crippen molar-refractivity contribution < 1.29 is 18.4 Å². The number of rotatable bonds is 8. The molecule has 0 aromatic heterocycles. The fraction of sp³-hybridized carbons (Fsp3) is 0.310. The molecule has 1 amide bonds. The molecule has 0 aliphatic carbocycles. The Kier molecular flexibility index (Phi) is 8.17. The number of carbonyl (C=O) groups excluding carboxylic acids is 2. The summed E-state index contributed by atoms with van der Waals surface area (Å²) in [6.07, 6.45) is 1.28. The van der Waals surface area contributed by atoms with Gasteiger partial charge in [-0.2, -0.15) is 0 Å². The van der Waals surface area contributed by atoms with Crippen molar-refractivity contribution in [2.24, 2.45) is 0 Å². The van der Waals surface area contributed by atoms with Crippen molar-refractivity contribution in [3.05, 3.63) is 94.0 Å². The molecule has 1 saturated heterocycles. The van der Waals surface area contributed by atoms with Crippen LogP contribution < -0.4 is 10.6 Å². The van der Waals surface area contributed by atoms with E-state index in [0.29, 0.717) is 35.2 Å². The number of nitrogens with one attached hydrogen (secondary N) is 2. The summed E-state index contributed by atoms with van der Waals surface area (Å²) in [5, 5.41) is 6.24. The summed E-state index contributed by atoms with van der Waals surface area (Å²) in [7, 11) is 0. The molecule has 3 aromatic carbocycles. The molecule has 2 unspecified atom stereocenters. The van der Waals surface area contributed by atoms with E-state index in [1.54, 1.807) is 36.4 Å². The van der Waals surface area contributed by atoms with Crippen molar-refractivity contribution >= 4 is 23.3 Å². The molecular weight excluding hydrogens is 482 g/mol. The normalized spacial score (nSPS) is 16.2. The van der Waals surface area contributed by atoms with Gasteiger partial charge in [-0.05, 0) is 65.8 Å². The predicted octanol–water partition coefficient (Wildman–Crippen LogP) is 6.13. The first-order valence-electron chi connectivity index (χ1n) is 12.1. The van der Waals surface area contributed by atoms with Crippen LogP contribution in [0.5, 0.6) is 0 Å². The maximum absolute atomic E-state index is 16.0. The lowest BCUT2D eigenvalue weighted by Crippen LogP contribution is -2.44. The van der Waals surface area contributed by atoms with Gasteiger partial charge < -0.3 is 10.6 Å². The van der Waals surface area contributed by atoms with Gasteiger partial charge in [-0.1, -0.05) is 67.9 Å². The summed E-state index contributed by atoms with van der Waals surface area (Å²) in [6, 6.07) is 14.6. The predicted molar refractivity (Wildman–Crippen MR) is 138 cm³/mol. The molecule has 36 heavy (non-hydrogen) atoms. The minimum atomic E-state index is -1.15. The summed E-state index contributed by atoms with van der Waals surface area (Å²) in [4.78, 5) is 26.8. The largest absolute Gasteiger partial charge is 0.341 e. The van der Waals surface area contributed by atoms with Crippen LogP contribution in [0.4, 0.5) is 8.78 Å². The van der Waals surface area contributed by atoms with Gasteiger partial charge in [0.25, 0.3) is 0 Å². The second kappa shape index (κ2) is 11.3. The van der Waals surface area contributed by atoms with E-state index in [0.717, 1.165) is 6.42 Å². The maximum atomic E-state index is 16.0. The molecule has 0 saturated carbocycles. The zero-order chi connectivity index (χ0) is 25.8. The summed E-state index contributed by atoms with van der Waals surface area (Å²) in [5.74, 6) is -1.77. The highest BCUT2D eigenvalue weighted by Gasteiger charge is 2.32. The lowest BCUT2D eigenvalue weighted by atomic mass is 9.87. The van der Waals surface area contributed by atoms with Crippen LogP contribution in [0.15, 0.2) is 60.7 Å². The van der Waals surface area contributed by atoms with Crippen LogP contribution in [-0.2, 0) is 16.0 Å². The van der Waals surface area contributed by atoms with Gasteiger partial charge in [-0.15, -0.1) is 0 Å². The molecule has 2 atom stereocenters. The Balaban J connectivity index is 1.82. The van der Waals surface area contributed by atoms with Crippen molar-refractivity contribution in [1.82, 2.24) is 10.6 Å². The van der Waals surface area contributed by atoms with E-state index >= 15 is 4.39 Å². The lowest BCUT2D eigenvalue weighted by molar-refractivity contribution is -0.128. The van der Waals surface area contributed by atoms with Crippen LogP contribution in [0.1, 0.15) is 55.3 Å². The average Bonchev–Trinajstić information content (AvgIpc) is 3.40. The number of carbonyl (C=O) groups is 2. The highest BCUT2D eigenvalue weighted by Crippen LogP contribution is 2.36. The Labute approximate surface area is 215 Å². The van der Waals surface area contributed by atoms with Crippen LogP contribution >= 0.6 is 11.6 Å². The average molecular weight is 511 g/mol. The topological polar surface area (TPSA) is 58.2 Å². The van der Waals surface area contributed by atoms with E-state index in [1.807, 2.05) is 19.9 Å². The van der Waals surface area contributed by atoms with Gasteiger partial charge in [-0.3, -0.25) is 9.59 Å². The number of halogens is 3. The van der Waals surface area contributed by atoms with Gasteiger partial charge in [-0.25, -0.2) is 8.78 Å². The first kappa shape index (κ1) is 26.0. The second-order valence-corrected chi connectivity index (χ2v) is 9.83. The lowest BCUT2D eigenvalue weighted by Gasteiger charge is -2.25. The molecule has 7 heteroatoms. The number of benzene rings is 3. The van der Waals surface area contributed by atoms with E-state index in [2.05, 4.69) is 10.6 Å². The monoisotopic (exact) mass is 510 g/mol. The molecule has 3 aromatic rings. The number of amides is 1. The summed E-state index contributed by atoms with van der Waals surface area (Å²) in [5.41, 5.74) is 2.04. The van der Waals surface area contributed by atoms with Gasteiger partial charge in [0.15, 0.2) is 5.78 Å². The fourth-order valence-corrected chi connectivity index (χ4v) is 4.83. The Hall–Kier alpha value is -3.09. The first-order chi connectivity index (χ1) is 17.3. The zero-order valence-corrected chi connectivity index (χ0v) is 21.0. The molecular formula is C29H29ClF2N2O2. The number of Topliss-reactive ketones (excluding diaryl/α,β-unsaturated/α-hetero) is 1. The van der Waals surface area contributed by atoms with Crippen molar-refractivity contribution in [2.45, 2.75) is 51.1 Å². The smallest absolute Gasteiger partial charge is 0.237 e. The Morgan fingerprint density at radius 3 is 2.44 bits per heavy atom. The third kappa shape index (κ3) is 5.66. The van der Waals surface area contributed by atoms with Gasteiger partial charge in [0.05, 0.1) is 6.04 Å². The second-order valence-electron chi connectivity index (χ2n) is 9.42. The van der Waals surface area contributed by atoms with Gasteiger partial charge >= 0.3 is 0 Å². The zero-order valence-electron chi connectivity index (χ0n) is 20.3. The third-order valence-electron chi connectivity index (χ3n) is 6.56. The molecule has 0 bridgehead atoms. The summed E-state index contributed by atoms with van der Waals surface area (Å²) < 4.78 is 29.9. The molecule has 0 radical (unpaired) electrons. The molecule has 4 rings (SSSR count).